The molecule has 0 radical (unpaired) electrons. The molecule has 0 aliphatic heterocycles. The van der Waals surface area contributed by atoms with Crippen LogP contribution >= 0.6 is 0 Å². The normalized spacial score (nSPS) is 13.7. The maximum atomic E-state index is 12.2. The van der Waals surface area contributed by atoms with Crippen molar-refractivity contribution in [3.05, 3.63) is 0 Å². The maximum Gasteiger partial charge on any atom is 0.155 e. The first-order valence-corrected chi connectivity index (χ1v) is 5.77. The lowest BCUT2D eigenvalue weighted by molar-refractivity contribution is -0.130. The van der Waals surface area contributed by atoms with E-state index < -0.39 is 0 Å². The zero-order valence-electron chi connectivity index (χ0n) is 11.6. The van der Waals surface area contributed by atoms with Crippen LogP contribution < -0.4 is 5.32 Å². The summed E-state index contributed by atoms with van der Waals surface area (Å²) < 4.78 is 0. The zero-order valence-corrected chi connectivity index (χ0v) is 11.6. The van der Waals surface area contributed by atoms with E-state index in [0.717, 1.165) is 0 Å². The van der Waals surface area contributed by atoms with Crippen molar-refractivity contribution in [1.82, 2.24) is 5.32 Å². The fourth-order valence-electron chi connectivity index (χ4n) is 1.47. The van der Waals surface area contributed by atoms with E-state index >= 15 is 0 Å². The van der Waals surface area contributed by atoms with E-state index in [-0.39, 0.29) is 31.8 Å². The SMILES string of the molecule is C.C.CC(C)C(NC(C)(C)C)C(=O)C(C)(C)C. The Morgan fingerprint density at radius 1 is 0.941 bits per heavy atom. The highest BCUT2D eigenvalue weighted by Crippen LogP contribution is 2.21. The highest BCUT2D eigenvalue weighted by Gasteiger charge is 2.33. The van der Waals surface area contributed by atoms with Gasteiger partial charge < -0.3 is 5.32 Å². The van der Waals surface area contributed by atoms with Crippen LogP contribution in [-0.2, 0) is 4.79 Å². The van der Waals surface area contributed by atoms with Gasteiger partial charge in [0, 0.05) is 11.0 Å². The van der Waals surface area contributed by atoms with Crippen LogP contribution in [0.15, 0.2) is 0 Å². The minimum Gasteiger partial charge on any atom is -0.302 e. The van der Waals surface area contributed by atoms with Gasteiger partial charge >= 0.3 is 0 Å². The Hall–Kier alpha value is -0.370. The third-order valence-corrected chi connectivity index (χ3v) is 2.28. The fourth-order valence-corrected chi connectivity index (χ4v) is 1.47. The van der Waals surface area contributed by atoms with E-state index in [0.29, 0.717) is 11.7 Å². The summed E-state index contributed by atoms with van der Waals surface area (Å²) in [6.07, 6.45) is 0. The van der Waals surface area contributed by atoms with Crippen LogP contribution in [0.5, 0.6) is 0 Å². The van der Waals surface area contributed by atoms with Crippen molar-refractivity contribution in [2.45, 2.75) is 81.8 Å². The zero-order chi connectivity index (χ0) is 12.4. The summed E-state index contributed by atoms with van der Waals surface area (Å²) in [6, 6.07) is -0.0509. The minimum absolute atomic E-state index is 0. The number of rotatable bonds is 3. The van der Waals surface area contributed by atoms with E-state index in [4.69, 9.17) is 0 Å². The molecule has 1 N–H and O–H groups in total. The standard InChI is InChI=1S/C13H27NO.2CH4/c1-9(2)10(14-13(6,7)8)11(15)12(3,4)5;;/h9-10,14H,1-8H3;2*1H4. The molecule has 0 aromatic carbocycles. The molecule has 0 aromatic rings. The van der Waals surface area contributed by atoms with Crippen molar-refractivity contribution >= 4 is 5.78 Å². The van der Waals surface area contributed by atoms with Crippen molar-refractivity contribution in [3.63, 3.8) is 0 Å². The first-order valence-electron chi connectivity index (χ1n) is 5.77. The summed E-state index contributed by atoms with van der Waals surface area (Å²) in [7, 11) is 0. The predicted molar refractivity (Wildman–Crippen MR) is 79.4 cm³/mol. The maximum absolute atomic E-state index is 12.2. The number of carbonyl (C=O) groups is 1. The van der Waals surface area contributed by atoms with Crippen LogP contribution in [0.3, 0.4) is 0 Å². The van der Waals surface area contributed by atoms with E-state index in [2.05, 4.69) is 39.9 Å². The smallest absolute Gasteiger partial charge is 0.155 e. The lowest BCUT2D eigenvalue weighted by Gasteiger charge is -2.34. The van der Waals surface area contributed by atoms with Crippen LogP contribution in [0.1, 0.15) is 70.2 Å². The highest BCUT2D eigenvalue weighted by atomic mass is 16.1. The monoisotopic (exact) mass is 245 g/mol. The molecule has 0 aliphatic rings. The Labute approximate surface area is 110 Å². The van der Waals surface area contributed by atoms with Gasteiger partial charge in [-0.3, -0.25) is 4.79 Å². The van der Waals surface area contributed by atoms with Crippen molar-refractivity contribution in [2.75, 3.05) is 0 Å². The van der Waals surface area contributed by atoms with Crippen molar-refractivity contribution in [3.8, 4) is 0 Å². The molecule has 106 valence electrons. The van der Waals surface area contributed by atoms with Crippen molar-refractivity contribution in [1.29, 1.82) is 0 Å². The lowest BCUT2D eigenvalue weighted by Crippen LogP contribution is -2.53. The van der Waals surface area contributed by atoms with Crippen LogP contribution in [0, 0.1) is 11.3 Å². The van der Waals surface area contributed by atoms with Gasteiger partial charge in [-0.25, -0.2) is 0 Å². The summed E-state index contributed by atoms with van der Waals surface area (Å²) in [5.41, 5.74) is -0.289. The second-order valence-corrected chi connectivity index (χ2v) is 6.73. The minimum atomic E-state index is -0.271. The summed E-state index contributed by atoms with van der Waals surface area (Å²) >= 11 is 0. The van der Waals surface area contributed by atoms with Gasteiger partial charge in [-0.1, -0.05) is 49.5 Å². The molecule has 1 unspecified atom stereocenters. The molecule has 2 nitrogen and oxygen atoms in total. The number of hydrogen-bond acceptors (Lipinski definition) is 2. The molecular weight excluding hydrogens is 210 g/mol. The summed E-state index contributed by atoms with van der Waals surface area (Å²) in [4.78, 5) is 12.2. The molecule has 0 rings (SSSR count). The van der Waals surface area contributed by atoms with Crippen LogP contribution in [0.4, 0.5) is 0 Å². The molecule has 0 fully saturated rings. The molecule has 1 atom stereocenters. The van der Waals surface area contributed by atoms with Crippen LogP contribution in [-0.4, -0.2) is 17.4 Å². The highest BCUT2D eigenvalue weighted by molar-refractivity contribution is 5.89. The van der Waals surface area contributed by atoms with Gasteiger partial charge in [-0.2, -0.15) is 0 Å². The van der Waals surface area contributed by atoms with E-state index in [9.17, 15) is 4.79 Å². The van der Waals surface area contributed by atoms with Gasteiger partial charge in [-0.15, -0.1) is 0 Å². The Kier molecular flexibility index (Phi) is 9.20. The summed E-state index contributed by atoms with van der Waals surface area (Å²) in [6.45, 7) is 16.4. The van der Waals surface area contributed by atoms with Crippen LogP contribution in [0.2, 0.25) is 0 Å². The molecular formula is C15H35NO. The van der Waals surface area contributed by atoms with Gasteiger partial charge in [0.05, 0.1) is 6.04 Å². The molecule has 0 aliphatic carbocycles. The van der Waals surface area contributed by atoms with E-state index in [1.807, 2.05) is 20.8 Å². The Bertz CT molecular complexity index is 218. The van der Waals surface area contributed by atoms with Gasteiger partial charge in [-0.05, 0) is 26.7 Å². The number of ketones is 1. The molecule has 0 saturated heterocycles. The average Bonchev–Trinajstić information content (AvgIpc) is 1.94. The third-order valence-electron chi connectivity index (χ3n) is 2.28. The topological polar surface area (TPSA) is 29.1 Å². The molecule has 17 heavy (non-hydrogen) atoms. The second kappa shape index (κ2) is 7.15. The quantitative estimate of drug-likeness (QED) is 0.804. The average molecular weight is 245 g/mol. The number of hydrogen-bond donors (Lipinski definition) is 1. The predicted octanol–water partition coefficient (Wildman–Crippen LogP) is 4.29. The number of Topliss-reactive ketones (excluding diaryl/α,β-unsaturated/α-hetero) is 1. The molecule has 0 amide bonds. The largest absolute Gasteiger partial charge is 0.302 e. The number of nitrogens with one attached hydrogen (secondary N) is 1. The van der Waals surface area contributed by atoms with E-state index in [1.165, 1.54) is 0 Å². The summed E-state index contributed by atoms with van der Waals surface area (Å²) in [5, 5.41) is 3.41. The van der Waals surface area contributed by atoms with Gasteiger partial charge in [0.1, 0.15) is 0 Å². The Morgan fingerprint density at radius 3 is 1.47 bits per heavy atom. The fraction of sp³-hybridized carbons (Fsp3) is 0.933. The molecule has 2 heteroatoms. The second-order valence-electron chi connectivity index (χ2n) is 6.73. The molecule has 0 spiro atoms. The van der Waals surface area contributed by atoms with Crippen molar-refractivity contribution in [2.24, 2.45) is 11.3 Å². The first kappa shape index (κ1) is 21.9. The molecule has 0 saturated carbocycles. The number of carbonyl (C=O) groups excluding carboxylic acids is 1. The van der Waals surface area contributed by atoms with Gasteiger partial charge in [0.25, 0.3) is 0 Å². The van der Waals surface area contributed by atoms with Gasteiger partial charge in [0.2, 0.25) is 0 Å². The van der Waals surface area contributed by atoms with Gasteiger partial charge in [0.15, 0.2) is 5.78 Å². The lowest BCUT2D eigenvalue weighted by atomic mass is 9.81. The molecule has 0 aromatic heterocycles. The Morgan fingerprint density at radius 2 is 1.29 bits per heavy atom. The van der Waals surface area contributed by atoms with Crippen molar-refractivity contribution < 1.29 is 4.79 Å². The third kappa shape index (κ3) is 8.37. The van der Waals surface area contributed by atoms with Crippen LogP contribution in [0.25, 0.3) is 0 Å². The summed E-state index contributed by atoms with van der Waals surface area (Å²) in [5.74, 6) is 0.628. The Balaban J connectivity index is -0.000000980. The molecule has 0 bridgehead atoms. The first-order chi connectivity index (χ1) is 6.45. The molecule has 0 heterocycles. The van der Waals surface area contributed by atoms with E-state index in [1.54, 1.807) is 0 Å².